The van der Waals surface area contributed by atoms with E-state index in [2.05, 4.69) is 5.32 Å². The number of aliphatic hydroxyl groups excluding tert-OH is 1. The van der Waals surface area contributed by atoms with Crippen molar-refractivity contribution in [2.24, 2.45) is 0 Å². The lowest BCUT2D eigenvalue weighted by Crippen LogP contribution is -2.53. The second-order valence-corrected chi connectivity index (χ2v) is 3.47. The van der Waals surface area contributed by atoms with Crippen molar-refractivity contribution in [3.05, 3.63) is 22.9 Å². The van der Waals surface area contributed by atoms with E-state index in [1.54, 1.807) is 0 Å². The normalized spacial score (nSPS) is 26.7. The minimum absolute atomic E-state index is 0.0930. The van der Waals surface area contributed by atoms with Gasteiger partial charge >= 0.3 is 0 Å². The predicted octanol–water partition coefficient (Wildman–Crippen LogP) is -1.58. The van der Waals surface area contributed by atoms with Crippen molar-refractivity contribution in [1.29, 1.82) is 0 Å². The van der Waals surface area contributed by atoms with Crippen LogP contribution in [0, 0.1) is 0 Å². The van der Waals surface area contributed by atoms with E-state index in [-0.39, 0.29) is 35.8 Å². The Morgan fingerprint density at radius 3 is 2.67 bits per heavy atom. The number of aliphatic hydroxyl groups is 2. The molecule has 0 fully saturated rings. The first-order valence-electron chi connectivity index (χ1n) is 4.63. The van der Waals surface area contributed by atoms with Gasteiger partial charge in [-0.3, -0.25) is 4.79 Å². The molecule has 5 heteroatoms. The van der Waals surface area contributed by atoms with Crippen LogP contribution >= 0.6 is 0 Å². The molecule has 0 aromatic carbocycles. The van der Waals surface area contributed by atoms with Crippen LogP contribution in [0.4, 0.5) is 0 Å². The monoisotopic (exact) mass is 212 g/mol. The topological polar surface area (TPSA) is 92.6 Å². The Hall–Kier alpha value is -1.17. The number of carbonyl (C=O) groups is 1. The maximum atomic E-state index is 11.8. The quantitative estimate of drug-likeness (QED) is 0.491. The Bertz CT molecular complexity index is 341. The zero-order valence-electron chi connectivity index (χ0n) is 8.70. The Balaban J connectivity index is 3.00. The van der Waals surface area contributed by atoms with Gasteiger partial charge in [0.05, 0.1) is 12.4 Å². The van der Waals surface area contributed by atoms with Gasteiger partial charge in [0.1, 0.15) is 0 Å². The third-order valence-corrected chi connectivity index (χ3v) is 2.51. The van der Waals surface area contributed by atoms with Crippen molar-refractivity contribution in [2.75, 3.05) is 13.2 Å². The lowest BCUT2D eigenvalue weighted by molar-refractivity contribution is -0.517. The summed E-state index contributed by atoms with van der Waals surface area (Å²) < 4.78 is 0. The highest BCUT2D eigenvalue weighted by Gasteiger charge is 2.28. The summed E-state index contributed by atoms with van der Waals surface area (Å²) in [5.74, 6) is -2.69. The van der Waals surface area contributed by atoms with Crippen LogP contribution in [-0.2, 0) is 4.79 Å². The van der Waals surface area contributed by atoms with Gasteiger partial charge in [0, 0.05) is 18.3 Å². The van der Waals surface area contributed by atoms with Crippen LogP contribution in [-0.4, -0.2) is 34.9 Å². The second kappa shape index (κ2) is 4.14. The van der Waals surface area contributed by atoms with Gasteiger partial charge in [-0.2, -0.15) is 0 Å². The van der Waals surface area contributed by atoms with Crippen molar-refractivity contribution in [2.45, 2.75) is 19.6 Å². The Morgan fingerprint density at radius 2 is 2.13 bits per heavy atom. The summed E-state index contributed by atoms with van der Waals surface area (Å²) in [7, 11) is 0. The van der Waals surface area contributed by atoms with Crippen molar-refractivity contribution >= 4 is 5.78 Å². The molecular formula is C10H14NO4-. The molecule has 3 N–H and O–H groups in total. The van der Waals surface area contributed by atoms with E-state index in [0.717, 1.165) is 6.08 Å². The number of hydrogen-bond acceptors (Lipinski definition) is 5. The van der Waals surface area contributed by atoms with Gasteiger partial charge in [0.25, 0.3) is 0 Å². The number of allylic oxidation sites excluding steroid dienone is 2. The highest BCUT2D eigenvalue weighted by molar-refractivity contribution is 6.06. The third-order valence-electron chi connectivity index (χ3n) is 2.51. The molecule has 5 nitrogen and oxygen atoms in total. The van der Waals surface area contributed by atoms with Gasteiger partial charge in [-0.25, -0.2) is 0 Å². The average molecular weight is 212 g/mol. The zero-order valence-corrected chi connectivity index (χ0v) is 8.70. The molecule has 0 aromatic rings. The van der Waals surface area contributed by atoms with Crippen LogP contribution in [0.2, 0.25) is 0 Å². The maximum Gasteiger partial charge on any atom is 0.183 e. The first-order chi connectivity index (χ1) is 6.91. The van der Waals surface area contributed by atoms with Gasteiger partial charge in [0.15, 0.2) is 5.78 Å². The molecule has 0 aromatic heterocycles. The van der Waals surface area contributed by atoms with E-state index in [4.69, 9.17) is 5.11 Å². The van der Waals surface area contributed by atoms with Crippen LogP contribution in [0.3, 0.4) is 0 Å². The van der Waals surface area contributed by atoms with E-state index < -0.39 is 5.79 Å². The lowest BCUT2D eigenvalue weighted by atomic mass is 9.90. The predicted molar refractivity (Wildman–Crippen MR) is 51.5 cm³/mol. The van der Waals surface area contributed by atoms with Crippen LogP contribution < -0.4 is 10.4 Å². The SMILES string of the molecule is CC1=C(C)C([O-])(O)C(NCCO)=CC1=O. The molecule has 15 heavy (non-hydrogen) atoms. The Labute approximate surface area is 87.7 Å². The van der Waals surface area contributed by atoms with Gasteiger partial charge in [0.2, 0.25) is 0 Å². The minimum Gasteiger partial charge on any atom is -0.821 e. The summed E-state index contributed by atoms with van der Waals surface area (Å²) in [6.07, 6.45) is 1.07. The largest absolute Gasteiger partial charge is 0.821 e. The standard InChI is InChI=1S/C10H14NO4/c1-6-7(2)10(14,15)9(5-8(6)13)11-3-4-12/h5,11-12,14H,3-4H2,1-2H3/q-1. The summed E-state index contributed by atoms with van der Waals surface area (Å²) in [5, 5.41) is 32.5. The fourth-order valence-corrected chi connectivity index (χ4v) is 1.34. The van der Waals surface area contributed by atoms with Crippen LogP contribution in [0.5, 0.6) is 0 Å². The fraction of sp³-hybridized carbons (Fsp3) is 0.500. The van der Waals surface area contributed by atoms with Crippen molar-refractivity contribution in [3.63, 3.8) is 0 Å². The Morgan fingerprint density at radius 1 is 1.53 bits per heavy atom. The molecule has 0 saturated heterocycles. The highest BCUT2D eigenvalue weighted by atomic mass is 16.5. The smallest absolute Gasteiger partial charge is 0.183 e. The molecule has 1 aliphatic rings. The molecule has 0 spiro atoms. The highest BCUT2D eigenvalue weighted by Crippen LogP contribution is 2.26. The van der Waals surface area contributed by atoms with Crippen LogP contribution in [0.15, 0.2) is 22.9 Å². The summed E-state index contributed by atoms with van der Waals surface area (Å²) in [6, 6.07) is 0. The molecule has 0 heterocycles. The van der Waals surface area contributed by atoms with Crippen LogP contribution in [0.25, 0.3) is 0 Å². The molecule has 1 atom stereocenters. The second-order valence-electron chi connectivity index (χ2n) is 3.47. The molecule has 1 aliphatic carbocycles. The first kappa shape index (κ1) is 11.9. The molecule has 84 valence electrons. The lowest BCUT2D eigenvalue weighted by Gasteiger charge is -2.41. The summed E-state index contributed by atoms with van der Waals surface area (Å²) >= 11 is 0. The molecule has 0 saturated carbocycles. The molecule has 1 unspecified atom stereocenters. The molecular weight excluding hydrogens is 198 g/mol. The van der Waals surface area contributed by atoms with Gasteiger partial charge in [-0.1, -0.05) is 0 Å². The maximum absolute atomic E-state index is 11.8. The number of rotatable bonds is 3. The van der Waals surface area contributed by atoms with Gasteiger partial charge < -0.3 is 20.6 Å². The fourth-order valence-electron chi connectivity index (χ4n) is 1.34. The third kappa shape index (κ3) is 2.09. The Kier molecular flexibility index (Phi) is 3.28. The number of nitrogens with one attached hydrogen (secondary N) is 1. The first-order valence-corrected chi connectivity index (χ1v) is 4.63. The van der Waals surface area contributed by atoms with E-state index in [9.17, 15) is 15.0 Å². The molecule has 0 aliphatic heterocycles. The molecule has 1 rings (SSSR count). The van der Waals surface area contributed by atoms with Crippen LogP contribution in [0.1, 0.15) is 13.8 Å². The minimum atomic E-state index is -2.40. The number of ketones is 1. The average Bonchev–Trinajstić information content (AvgIpc) is 2.19. The van der Waals surface area contributed by atoms with E-state index in [0.29, 0.717) is 0 Å². The van der Waals surface area contributed by atoms with Crippen molar-refractivity contribution in [3.8, 4) is 0 Å². The zero-order chi connectivity index (χ0) is 11.6. The van der Waals surface area contributed by atoms with Gasteiger partial charge in [-0.05, 0) is 25.0 Å². The molecule has 0 bridgehead atoms. The summed E-state index contributed by atoms with van der Waals surface area (Å²) in [5.41, 5.74) is 0.252. The number of carbonyl (C=O) groups excluding carboxylic acids is 1. The van der Waals surface area contributed by atoms with Crippen molar-refractivity contribution in [1.82, 2.24) is 5.32 Å². The molecule has 0 radical (unpaired) electrons. The van der Waals surface area contributed by atoms with E-state index >= 15 is 0 Å². The summed E-state index contributed by atoms with van der Waals surface area (Å²) in [4.78, 5) is 11.4. The van der Waals surface area contributed by atoms with E-state index in [1.807, 2.05) is 0 Å². The van der Waals surface area contributed by atoms with Gasteiger partial charge in [-0.15, -0.1) is 0 Å². The molecule has 0 amide bonds. The summed E-state index contributed by atoms with van der Waals surface area (Å²) in [6.45, 7) is 2.87. The van der Waals surface area contributed by atoms with E-state index in [1.165, 1.54) is 13.8 Å². The van der Waals surface area contributed by atoms with Crippen molar-refractivity contribution < 1.29 is 20.1 Å². The number of hydrogen-bond donors (Lipinski definition) is 3.